The van der Waals surface area contributed by atoms with E-state index in [2.05, 4.69) is 21.8 Å². The molecular weight excluding hydrogens is 238 g/mol. The number of nitrogens with zero attached hydrogens (tertiary/aromatic N) is 2. The number of hydrogen-bond donors (Lipinski definition) is 1. The third-order valence-corrected chi connectivity index (χ3v) is 3.92. The van der Waals surface area contributed by atoms with Crippen LogP contribution in [0.15, 0.2) is 6.07 Å². The van der Waals surface area contributed by atoms with E-state index >= 15 is 0 Å². The Morgan fingerprint density at radius 2 is 2.26 bits per heavy atom. The van der Waals surface area contributed by atoms with Gasteiger partial charge in [0.25, 0.3) is 0 Å². The van der Waals surface area contributed by atoms with Gasteiger partial charge < -0.3 is 9.88 Å². The molecule has 1 unspecified atom stereocenters. The van der Waals surface area contributed by atoms with Crippen LogP contribution in [0.3, 0.4) is 0 Å². The van der Waals surface area contributed by atoms with Gasteiger partial charge in [-0.05, 0) is 52.9 Å². The van der Waals surface area contributed by atoms with Gasteiger partial charge in [0.15, 0.2) is 5.78 Å². The molecule has 106 valence electrons. The summed E-state index contributed by atoms with van der Waals surface area (Å²) < 4.78 is 0. The first kappa shape index (κ1) is 14.3. The molecule has 0 radical (unpaired) electrons. The zero-order valence-electron chi connectivity index (χ0n) is 12.5. The summed E-state index contributed by atoms with van der Waals surface area (Å²) in [5.74, 6) is 0.924. The zero-order valence-corrected chi connectivity index (χ0v) is 12.5. The van der Waals surface area contributed by atoms with Crippen LogP contribution in [0.25, 0.3) is 0 Å². The molecule has 2 heterocycles. The first-order chi connectivity index (χ1) is 8.95. The van der Waals surface area contributed by atoms with E-state index in [-0.39, 0.29) is 5.78 Å². The van der Waals surface area contributed by atoms with Crippen LogP contribution in [0, 0.1) is 19.8 Å². The van der Waals surface area contributed by atoms with Crippen LogP contribution in [0.5, 0.6) is 0 Å². The van der Waals surface area contributed by atoms with E-state index in [1.807, 2.05) is 27.0 Å². The Labute approximate surface area is 115 Å². The Hall–Kier alpha value is -1.13. The minimum absolute atomic E-state index is 0.218. The summed E-state index contributed by atoms with van der Waals surface area (Å²) in [6.07, 6.45) is 1.25. The lowest BCUT2D eigenvalue weighted by atomic mass is 10.1. The molecule has 0 amide bonds. The van der Waals surface area contributed by atoms with Gasteiger partial charge in [0, 0.05) is 30.0 Å². The van der Waals surface area contributed by atoms with E-state index in [0.29, 0.717) is 12.5 Å². The lowest BCUT2D eigenvalue weighted by molar-refractivity contribution is 0.0938. The van der Waals surface area contributed by atoms with E-state index in [9.17, 15) is 4.79 Å². The number of aromatic nitrogens is 1. The van der Waals surface area contributed by atoms with Gasteiger partial charge in [0.05, 0.1) is 6.54 Å². The smallest absolute Gasteiger partial charge is 0.178 e. The standard InChI is InChI=1S/C15H25N3O/c1-11-7-14(12(2)16-11)15(19)10-18(4)9-13-5-6-17(3)8-13/h7,13,16H,5-6,8-10H2,1-4H3. The molecule has 4 nitrogen and oxygen atoms in total. The van der Waals surface area contributed by atoms with Crippen molar-refractivity contribution in [2.75, 3.05) is 40.3 Å². The van der Waals surface area contributed by atoms with Gasteiger partial charge in [0.1, 0.15) is 0 Å². The normalized spacial score (nSPS) is 20.4. The maximum absolute atomic E-state index is 12.3. The van der Waals surface area contributed by atoms with Crippen molar-refractivity contribution in [1.29, 1.82) is 0 Å². The molecular formula is C15H25N3O. The maximum Gasteiger partial charge on any atom is 0.178 e. The number of aromatic amines is 1. The highest BCUT2D eigenvalue weighted by Crippen LogP contribution is 2.16. The molecule has 1 aliphatic rings. The molecule has 2 rings (SSSR count). The molecule has 1 aromatic heterocycles. The van der Waals surface area contributed by atoms with Gasteiger partial charge in [-0.15, -0.1) is 0 Å². The number of carbonyl (C=O) groups excluding carboxylic acids is 1. The van der Waals surface area contributed by atoms with Crippen molar-refractivity contribution >= 4 is 5.78 Å². The van der Waals surface area contributed by atoms with E-state index in [1.54, 1.807) is 0 Å². The summed E-state index contributed by atoms with van der Waals surface area (Å²) in [6, 6.07) is 1.95. The van der Waals surface area contributed by atoms with Crippen LogP contribution in [-0.4, -0.2) is 60.8 Å². The number of Topliss-reactive ketones (excluding diaryl/α,β-unsaturated/α-hetero) is 1. The largest absolute Gasteiger partial charge is 0.362 e. The Kier molecular flexibility index (Phi) is 4.42. The van der Waals surface area contributed by atoms with E-state index in [4.69, 9.17) is 0 Å². The molecule has 0 spiro atoms. The topological polar surface area (TPSA) is 39.3 Å². The van der Waals surface area contributed by atoms with Crippen molar-refractivity contribution in [1.82, 2.24) is 14.8 Å². The number of nitrogens with one attached hydrogen (secondary N) is 1. The Morgan fingerprint density at radius 1 is 1.53 bits per heavy atom. The highest BCUT2D eigenvalue weighted by atomic mass is 16.1. The monoisotopic (exact) mass is 263 g/mol. The highest BCUT2D eigenvalue weighted by molar-refractivity contribution is 5.98. The lowest BCUT2D eigenvalue weighted by Gasteiger charge is -2.20. The highest BCUT2D eigenvalue weighted by Gasteiger charge is 2.22. The quantitative estimate of drug-likeness (QED) is 0.822. The summed E-state index contributed by atoms with van der Waals surface area (Å²) in [4.78, 5) is 20.0. The molecule has 1 fully saturated rings. The molecule has 0 saturated carbocycles. The first-order valence-corrected chi connectivity index (χ1v) is 7.02. The molecule has 0 aromatic carbocycles. The third-order valence-electron chi connectivity index (χ3n) is 3.92. The molecule has 1 aliphatic heterocycles. The first-order valence-electron chi connectivity index (χ1n) is 7.02. The fraction of sp³-hybridized carbons (Fsp3) is 0.667. The van der Waals surface area contributed by atoms with Crippen LogP contribution in [0.2, 0.25) is 0 Å². The number of H-pyrrole nitrogens is 1. The van der Waals surface area contributed by atoms with Gasteiger partial charge in [-0.25, -0.2) is 0 Å². The number of ketones is 1. The molecule has 19 heavy (non-hydrogen) atoms. The second-order valence-electron chi connectivity index (χ2n) is 6.03. The van der Waals surface area contributed by atoms with Crippen molar-refractivity contribution in [3.8, 4) is 0 Å². The van der Waals surface area contributed by atoms with Crippen LogP contribution in [-0.2, 0) is 0 Å². The third kappa shape index (κ3) is 3.67. The predicted molar refractivity (Wildman–Crippen MR) is 77.7 cm³/mol. The second kappa shape index (κ2) is 5.88. The Morgan fingerprint density at radius 3 is 2.79 bits per heavy atom. The fourth-order valence-electron chi connectivity index (χ4n) is 3.02. The summed E-state index contributed by atoms with van der Waals surface area (Å²) in [7, 11) is 4.21. The van der Waals surface area contributed by atoms with Gasteiger partial charge in [-0.2, -0.15) is 0 Å². The molecule has 1 aromatic rings. The number of aryl methyl sites for hydroxylation is 2. The van der Waals surface area contributed by atoms with Gasteiger partial charge >= 0.3 is 0 Å². The van der Waals surface area contributed by atoms with E-state index in [0.717, 1.165) is 30.0 Å². The minimum Gasteiger partial charge on any atom is -0.362 e. The summed E-state index contributed by atoms with van der Waals surface area (Å²) in [5, 5.41) is 0. The summed E-state index contributed by atoms with van der Waals surface area (Å²) in [5.41, 5.74) is 2.88. The fourth-order valence-corrected chi connectivity index (χ4v) is 3.02. The molecule has 0 bridgehead atoms. The van der Waals surface area contributed by atoms with E-state index in [1.165, 1.54) is 13.0 Å². The van der Waals surface area contributed by atoms with Crippen molar-refractivity contribution in [2.45, 2.75) is 20.3 Å². The average molecular weight is 263 g/mol. The number of carbonyl (C=O) groups is 1. The van der Waals surface area contributed by atoms with Crippen molar-refractivity contribution in [3.05, 3.63) is 23.0 Å². The predicted octanol–water partition coefficient (Wildman–Crippen LogP) is 1.70. The summed E-state index contributed by atoms with van der Waals surface area (Å²) >= 11 is 0. The van der Waals surface area contributed by atoms with Gasteiger partial charge in [-0.3, -0.25) is 9.69 Å². The zero-order chi connectivity index (χ0) is 14.0. The van der Waals surface area contributed by atoms with Crippen molar-refractivity contribution < 1.29 is 4.79 Å². The Balaban J connectivity index is 1.86. The number of hydrogen-bond acceptors (Lipinski definition) is 3. The molecule has 1 saturated heterocycles. The van der Waals surface area contributed by atoms with Crippen molar-refractivity contribution in [2.24, 2.45) is 5.92 Å². The number of likely N-dealkylation sites (N-methyl/N-ethyl adjacent to an activating group) is 1. The summed E-state index contributed by atoms with van der Waals surface area (Å²) in [6.45, 7) is 7.81. The SMILES string of the molecule is Cc1cc(C(=O)CN(C)CC2CCN(C)C2)c(C)[nH]1. The molecule has 1 atom stereocenters. The molecule has 0 aliphatic carbocycles. The van der Waals surface area contributed by atoms with Crippen LogP contribution >= 0.6 is 0 Å². The van der Waals surface area contributed by atoms with Crippen LogP contribution in [0.1, 0.15) is 28.2 Å². The van der Waals surface area contributed by atoms with E-state index < -0.39 is 0 Å². The molecule has 1 N–H and O–H groups in total. The number of rotatable bonds is 5. The Bertz CT molecular complexity index is 452. The molecule has 4 heteroatoms. The maximum atomic E-state index is 12.3. The average Bonchev–Trinajstić information content (AvgIpc) is 2.84. The van der Waals surface area contributed by atoms with Gasteiger partial charge in [0.2, 0.25) is 0 Å². The van der Waals surface area contributed by atoms with Crippen molar-refractivity contribution in [3.63, 3.8) is 0 Å². The second-order valence-corrected chi connectivity index (χ2v) is 6.03. The minimum atomic E-state index is 0.218. The van der Waals surface area contributed by atoms with Crippen LogP contribution < -0.4 is 0 Å². The van der Waals surface area contributed by atoms with Gasteiger partial charge in [-0.1, -0.05) is 0 Å². The number of likely N-dealkylation sites (tertiary alicyclic amines) is 1. The van der Waals surface area contributed by atoms with Crippen LogP contribution in [0.4, 0.5) is 0 Å². The lowest BCUT2D eigenvalue weighted by Crippen LogP contribution is -2.32.